The van der Waals surface area contributed by atoms with E-state index in [1.807, 2.05) is 0 Å². The molecule has 0 aliphatic carbocycles. The number of hydrogen-bond donors (Lipinski definition) is 1. The van der Waals surface area contributed by atoms with Crippen LogP contribution in [-0.2, 0) is 61.6 Å². The lowest BCUT2D eigenvalue weighted by molar-refractivity contribution is -0.121. The largest absolute Gasteiger partial charge is 0.379 e. The number of carbonyl (C=O) groups is 1. The molecule has 17 nitrogen and oxygen atoms in total. The minimum atomic E-state index is -0.0390. The van der Waals surface area contributed by atoms with Crippen molar-refractivity contribution in [2.75, 3.05) is 172 Å². The van der Waals surface area contributed by atoms with E-state index in [4.69, 9.17) is 62.4 Å². The fourth-order valence-corrected chi connectivity index (χ4v) is 2.96. The first-order valence-corrected chi connectivity index (χ1v) is 15.5. The number of azide groups is 1. The van der Waals surface area contributed by atoms with Gasteiger partial charge in [-0.15, -0.1) is 0 Å². The van der Waals surface area contributed by atoms with Crippen molar-refractivity contribution in [2.45, 2.75) is 6.42 Å². The molecular formula is C28H56N4O13. The molecule has 0 fully saturated rings. The van der Waals surface area contributed by atoms with Crippen LogP contribution >= 0.6 is 0 Å². The van der Waals surface area contributed by atoms with Gasteiger partial charge in [0.25, 0.3) is 0 Å². The highest BCUT2D eigenvalue weighted by atomic mass is 16.6. The van der Waals surface area contributed by atoms with E-state index in [0.29, 0.717) is 172 Å². The fourth-order valence-electron chi connectivity index (χ4n) is 2.96. The topological polar surface area (TPSA) is 189 Å². The average molecular weight is 657 g/mol. The number of hydrogen-bond acceptors (Lipinski definition) is 14. The lowest BCUT2D eigenvalue weighted by Crippen LogP contribution is -2.20. The van der Waals surface area contributed by atoms with Gasteiger partial charge in [-0.05, 0) is 5.53 Å². The van der Waals surface area contributed by atoms with Gasteiger partial charge in [0.05, 0.1) is 159 Å². The van der Waals surface area contributed by atoms with Crippen molar-refractivity contribution in [3.63, 3.8) is 0 Å². The quantitative estimate of drug-likeness (QED) is 0.0420. The van der Waals surface area contributed by atoms with Gasteiger partial charge in [-0.3, -0.25) is 4.79 Å². The van der Waals surface area contributed by atoms with Gasteiger partial charge in [0.2, 0.25) is 5.91 Å². The second kappa shape index (κ2) is 40.3. The molecule has 1 N–H and O–H groups in total. The molecule has 17 heteroatoms. The zero-order chi connectivity index (χ0) is 32.6. The van der Waals surface area contributed by atoms with Crippen molar-refractivity contribution in [3.8, 4) is 0 Å². The highest BCUT2D eigenvalue weighted by Gasteiger charge is 1.98. The molecular weight excluding hydrogens is 600 g/mol. The van der Waals surface area contributed by atoms with Crippen LogP contribution in [0.4, 0.5) is 0 Å². The van der Waals surface area contributed by atoms with Crippen LogP contribution in [0.15, 0.2) is 5.11 Å². The molecule has 0 saturated carbocycles. The van der Waals surface area contributed by atoms with E-state index in [2.05, 4.69) is 15.3 Å². The first-order chi connectivity index (χ1) is 22.3. The van der Waals surface area contributed by atoms with Gasteiger partial charge in [-0.25, -0.2) is 0 Å². The highest BCUT2D eigenvalue weighted by molar-refractivity contribution is 5.75. The zero-order valence-corrected chi connectivity index (χ0v) is 27.0. The van der Waals surface area contributed by atoms with E-state index in [-0.39, 0.29) is 5.91 Å². The summed E-state index contributed by atoms with van der Waals surface area (Å²) < 4.78 is 64.8. The van der Waals surface area contributed by atoms with Crippen LogP contribution in [0, 0.1) is 0 Å². The Bertz CT molecular complexity index is 650. The van der Waals surface area contributed by atoms with Gasteiger partial charge < -0.3 is 62.2 Å². The van der Waals surface area contributed by atoms with Crippen LogP contribution < -0.4 is 5.32 Å². The van der Waals surface area contributed by atoms with E-state index >= 15 is 0 Å². The standard InChI is InChI=1S/C28H56N4O13/c1-30-28(33)2-4-34-6-8-36-10-12-38-14-16-40-18-20-42-22-24-44-26-27-45-25-23-43-21-19-41-17-15-39-13-11-37-9-7-35-5-3-31-32-29/h2-27H2,1H3,(H,30,33). The Morgan fingerprint density at radius 3 is 0.889 bits per heavy atom. The van der Waals surface area contributed by atoms with Crippen LogP contribution in [0.5, 0.6) is 0 Å². The Kier molecular flexibility index (Phi) is 38.8. The van der Waals surface area contributed by atoms with E-state index in [1.54, 1.807) is 7.05 Å². The number of nitrogens with one attached hydrogen (secondary N) is 1. The molecule has 0 aromatic rings. The Balaban J connectivity index is 3.05. The smallest absolute Gasteiger partial charge is 0.222 e. The molecule has 0 saturated heterocycles. The lowest BCUT2D eigenvalue weighted by atomic mass is 10.4. The molecule has 0 aliphatic heterocycles. The maximum atomic E-state index is 11.0. The predicted molar refractivity (Wildman–Crippen MR) is 163 cm³/mol. The van der Waals surface area contributed by atoms with Crippen molar-refractivity contribution >= 4 is 5.91 Å². The SMILES string of the molecule is CNC(=O)CCOCCOCCOCCOCCOCCOCCOCCOCCOCCOCCOCCOCCN=[N+]=[N-]. The van der Waals surface area contributed by atoms with Gasteiger partial charge in [0.1, 0.15) is 0 Å². The minimum Gasteiger partial charge on any atom is -0.379 e. The van der Waals surface area contributed by atoms with E-state index in [1.165, 1.54) is 0 Å². The van der Waals surface area contributed by atoms with E-state index in [0.717, 1.165) is 0 Å². The molecule has 0 heterocycles. The third-order valence-electron chi connectivity index (χ3n) is 5.24. The summed E-state index contributed by atoms with van der Waals surface area (Å²) in [6.45, 7) is 11.8. The summed E-state index contributed by atoms with van der Waals surface area (Å²) in [5.74, 6) is -0.0390. The third-order valence-corrected chi connectivity index (χ3v) is 5.24. The van der Waals surface area contributed by atoms with Crippen molar-refractivity contribution < 1.29 is 61.6 Å². The predicted octanol–water partition coefficient (Wildman–Crippen LogP) is 0.632. The third kappa shape index (κ3) is 40.3. The minimum absolute atomic E-state index is 0.0390. The van der Waals surface area contributed by atoms with Crippen LogP contribution in [0.25, 0.3) is 10.4 Å². The van der Waals surface area contributed by atoms with Crippen molar-refractivity contribution in [3.05, 3.63) is 10.4 Å². The van der Waals surface area contributed by atoms with Crippen LogP contribution in [0.2, 0.25) is 0 Å². The van der Waals surface area contributed by atoms with Crippen molar-refractivity contribution in [1.82, 2.24) is 5.32 Å². The lowest BCUT2D eigenvalue weighted by Gasteiger charge is -2.09. The number of amides is 1. The normalized spacial score (nSPS) is 11.1. The van der Waals surface area contributed by atoms with Crippen molar-refractivity contribution in [1.29, 1.82) is 0 Å². The van der Waals surface area contributed by atoms with E-state index in [9.17, 15) is 4.79 Å². The van der Waals surface area contributed by atoms with Crippen LogP contribution in [0.3, 0.4) is 0 Å². The number of ether oxygens (including phenoxy) is 12. The molecule has 266 valence electrons. The summed E-state index contributed by atoms with van der Waals surface area (Å²) in [5.41, 5.74) is 8.13. The summed E-state index contributed by atoms with van der Waals surface area (Å²) in [4.78, 5) is 13.7. The Morgan fingerprint density at radius 1 is 0.444 bits per heavy atom. The monoisotopic (exact) mass is 656 g/mol. The first kappa shape index (κ1) is 43.3. The Morgan fingerprint density at radius 2 is 0.667 bits per heavy atom. The molecule has 0 atom stereocenters. The molecule has 0 aromatic carbocycles. The Labute approximate surface area is 267 Å². The number of carbonyl (C=O) groups excluding carboxylic acids is 1. The summed E-state index contributed by atoms with van der Waals surface area (Å²) in [6, 6.07) is 0. The molecule has 0 unspecified atom stereocenters. The zero-order valence-electron chi connectivity index (χ0n) is 27.0. The number of nitrogens with zero attached hydrogens (tertiary/aromatic N) is 3. The summed E-state index contributed by atoms with van der Waals surface area (Å²) >= 11 is 0. The van der Waals surface area contributed by atoms with Crippen LogP contribution in [-0.4, -0.2) is 178 Å². The fraction of sp³-hybridized carbons (Fsp3) is 0.964. The van der Waals surface area contributed by atoms with Gasteiger partial charge in [0, 0.05) is 24.9 Å². The van der Waals surface area contributed by atoms with Crippen LogP contribution in [0.1, 0.15) is 6.42 Å². The molecule has 0 radical (unpaired) electrons. The average Bonchev–Trinajstić information content (AvgIpc) is 3.05. The number of rotatable bonds is 39. The molecule has 45 heavy (non-hydrogen) atoms. The van der Waals surface area contributed by atoms with Gasteiger partial charge >= 0.3 is 0 Å². The molecule has 0 aliphatic rings. The maximum absolute atomic E-state index is 11.0. The second-order valence-corrected chi connectivity index (χ2v) is 8.73. The Hall–Kier alpha value is -1.70. The van der Waals surface area contributed by atoms with Gasteiger partial charge in [0.15, 0.2) is 0 Å². The summed E-state index contributed by atoms with van der Waals surface area (Å²) in [5, 5.41) is 5.91. The maximum Gasteiger partial charge on any atom is 0.222 e. The van der Waals surface area contributed by atoms with Gasteiger partial charge in [-0.2, -0.15) is 0 Å². The van der Waals surface area contributed by atoms with Gasteiger partial charge in [-0.1, -0.05) is 5.11 Å². The second-order valence-electron chi connectivity index (χ2n) is 8.73. The first-order valence-electron chi connectivity index (χ1n) is 15.5. The molecule has 0 rings (SSSR count). The highest BCUT2D eigenvalue weighted by Crippen LogP contribution is 1.88. The van der Waals surface area contributed by atoms with E-state index < -0.39 is 0 Å². The molecule has 0 bridgehead atoms. The summed E-state index contributed by atoms with van der Waals surface area (Å²) in [7, 11) is 1.60. The molecule has 0 aromatic heterocycles. The summed E-state index contributed by atoms with van der Waals surface area (Å²) in [6.07, 6.45) is 0.352. The van der Waals surface area contributed by atoms with Crippen molar-refractivity contribution in [2.24, 2.45) is 5.11 Å². The molecule has 1 amide bonds. The molecule has 0 spiro atoms.